The molecule has 0 rings (SSSR count). The molecule has 8 heteroatoms. The molecular formula is C20H38F4O4. The summed E-state index contributed by atoms with van der Waals surface area (Å²) in [5, 5.41) is 36.2. The molecule has 0 aliphatic carbocycles. The predicted molar refractivity (Wildman–Crippen MR) is 100 cm³/mol. The first-order valence-electron chi connectivity index (χ1n) is 10.5. The lowest BCUT2D eigenvalue weighted by Gasteiger charge is -2.31. The van der Waals surface area contributed by atoms with Crippen molar-refractivity contribution in [3.63, 3.8) is 0 Å². The van der Waals surface area contributed by atoms with Gasteiger partial charge in [-0.2, -0.15) is 8.78 Å². The maximum absolute atomic E-state index is 14.5. The normalized spacial score (nSPS) is 17.4. The fraction of sp³-hybridized carbons (Fsp3) is 1.00. The van der Waals surface area contributed by atoms with Gasteiger partial charge in [0.2, 0.25) is 0 Å². The molecule has 0 radical (unpaired) electrons. The summed E-state index contributed by atoms with van der Waals surface area (Å²) in [4.78, 5) is 0. The second-order valence-electron chi connectivity index (χ2n) is 7.93. The van der Waals surface area contributed by atoms with Gasteiger partial charge in [-0.15, -0.1) is 0 Å². The van der Waals surface area contributed by atoms with E-state index in [0.717, 1.165) is 0 Å². The third kappa shape index (κ3) is 9.37. The maximum atomic E-state index is 14.5. The van der Waals surface area contributed by atoms with E-state index in [1.165, 1.54) is 0 Å². The molecule has 0 aromatic heterocycles. The van der Waals surface area contributed by atoms with Gasteiger partial charge in [-0.05, 0) is 38.5 Å². The summed E-state index contributed by atoms with van der Waals surface area (Å²) in [7, 11) is 0. The van der Waals surface area contributed by atoms with Crippen molar-refractivity contribution in [2.45, 2.75) is 127 Å². The second-order valence-corrected chi connectivity index (χ2v) is 7.93. The van der Waals surface area contributed by atoms with Gasteiger partial charge in [0, 0.05) is 0 Å². The number of aliphatic hydroxyl groups is 4. The van der Waals surface area contributed by atoms with Gasteiger partial charge >= 0.3 is 12.1 Å². The van der Waals surface area contributed by atoms with E-state index in [4.69, 9.17) is 20.4 Å². The smallest absolute Gasteiger partial charge is 0.337 e. The topological polar surface area (TPSA) is 80.9 Å². The molecule has 4 nitrogen and oxygen atoms in total. The molecule has 2 unspecified atom stereocenters. The number of hydrogen-bond donors (Lipinski definition) is 4. The van der Waals surface area contributed by atoms with Gasteiger partial charge in [0.25, 0.3) is 0 Å². The summed E-state index contributed by atoms with van der Waals surface area (Å²) in [5.41, 5.74) is -5.38. The lowest BCUT2D eigenvalue weighted by Crippen LogP contribution is -2.47. The van der Waals surface area contributed by atoms with Crippen LogP contribution in [0.4, 0.5) is 17.6 Å². The Morgan fingerprint density at radius 1 is 0.464 bits per heavy atom. The van der Waals surface area contributed by atoms with Crippen LogP contribution in [0.2, 0.25) is 0 Å². The zero-order valence-corrected chi connectivity index (χ0v) is 17.2. The van der Waals surface area contributed by atoms with Crippen molar-refractivity contribution in [1.82, 2.24) is 0 Å². The van der Waals surface area contributed by atoms with Crippen molar-refractivity contribution in [2.75, 3.05) is 0 Å². The van der Waals surface area contributed by atoms with Crippen LogP contribution in [0, 0.1) is 0 Å². The quantitative estimate of drug-likeness (QED) is 0.150. The van der Waals surface area contributed by atoms with Crippen molar-refractivity contribution in [2.24, 2.45) is 0 Å². The first-order valence-corrected chi connectivity index (χ1v) is 10.5. The van der Waals surface area contributed by atoms with E-state index >= 15 is 0 Å². The van der Waals surface area contributed by atoms with Crippen LogP contribution in [0.5, 0.6) is 0 Å². The molecule has 0 saturated heterocycles. The van der Waals surface area contributed by atoms with Gasteiger partial charge in [0.1, 0.15) is 0 Å². The second kappa shape index (κ2) is 12.3. The van der Waals surface area contributed by atoms with Gasteiger partial charge in [0.15, 0.2) is 11.3 Å². The minimum atomic E-state index is -3.86. The van der Waals surface area contributed by atoms with Crippen LogP contribution in [0.15, 0.2) is 0 Å². The summed E-state index contributed by atoms with van der Waals surface area (Å²) in [5.74, 6) is 0. The molecular weight excluding hydrogens is 380 g/mol. The highest BCUT2D eigenvalue weighted by Gasteiger charge is 2.51. The molecule has 0 saturated carbocycles. The molecule has 170 valence electrons. The molecule has 0 fully saturated rings. The van der Waals surface area contributed by atoms with Crippen LogP contribution in [-0.4, -0.2) is 43.8 Å². The number of rotatable bonds is 17. The molecule has 2 atom stereocenters. The van der Waals surface area contributed by atoms with Crippen molar-refractivity contribution in [3.05, 3.63) is 0 Å². The third-order valence-corrected chi connectivity index (χ3v) is 5.39. The summed E-state index contributed by atoms with van der Waals surface area (Å²) in [6.07, 6.45) is 3.69. The van der Waals surface area contributed by atoms with E-state index in [0.29, 0.717) is 51.4 Å². The Balaban J connectivity index is 4.16. The van der Waals surface area contributed by atoms with Gasteiger partial charge in [-0.25, -0.2) is 8.78 Å². The number of alkyl halides is 4. The molecule has 0 heterocycles. The summed E-state index contributed by atoms with van der Waals surface area (Å²) >= 11 is 0. The van der Waals surface area contributed by atoms with Crippen molar-refractivity contribution < 1.29 is 38.0 Å². The summed E-state index contributed by atoms with van der Waals surface area (Å²) in [6, 6.07) is -7.73. The zero-order chi connectivity index (χ0) is 21.9. The Hall–Kier alpha value is -0.440. The molecule has 4 N–H and O–H groups in total. The number of halogens is 4. The van der Waals surface area contributed by atoms with E-state index in [9.17, 15) is 17.6 Å². The van der Waals surface area contributed by atoms with Gasteiger partial charge in [0.05, 0.1) is 0 Å². The van der Waals surface area contributed by atoms with E-state index in [-0.39, 0.29) is 38.5 Å². The number of hydrogen-bond acceptors (Lipinski definition) is 4. The average molecular weight is 419 g/mol. The van der Waals surface area contributed by atoms with Crippen LogP contribution in [0.25, 0.3) is 0 Å². The van der Waals surface area contributed by atoms with Crippen molar-refractivity contribution in [1.29, 1.82) is 0 Å². The Kier molecular flexibility index (Phi) is 12.1. The van der Waals surface area contributed by atoms with Crippen molar-refractivity contribution >= 4 is 0 Å². The van der Waals surface area contributed by atoms with Crippen LogP contribution < -0.4 is 0 Å². The highest BCUT2D eigenvalue weighted by Crippen LogP contribution is 2.38. The highest BCUT2D eigenvalue weighted by molar-refractivity contribution is 4.87. The third-order valence-electron chi connectivity index (χ3n) is 5.39. The van der Waals surface area contributed by atoms with Gasteiger partial charge in [-0.1, -0.05) is 65.2 Å². The Bertz CT molecular complexity index is 374. The SMILES string of the molecule is CCCCC(F)(CCCCCCCCC(F)(CCCC)C(O)(O)F)C(O)(O)F. The minimum Gasteiger partial charge on any atom is -0.337 e. The van der Waals surface area contributed by atoms with Crippen LogP contribution in [0.3, 0.4) is 0 Å². The first-order chi connectivity index (χ1) is 12.8. The van der Waals surface area contributed by atoms with Crippen LogP contribution >= 0.6 is 0 Å². The molecule has 0 aliphatic rings. The highest BCUT2D eigenvalue weighted by atomic mass is 19.2. The summed E-state index contributed by atoms with van der Waals surface area (Å²) < 4.78 is 55.6. The summed E-state index contributed by atoms with van der Waals surface area (Å²) in [6.45, 7) is 3.59. The van der Waals surface area contributed by atoms with E-state index < -0.39 is 23.4 Å². The fourth-order valence-corrected chi connectivity index (χ4v) is 3.32. The fourth-order valence-electron chi connectivity index (χ4n) is 3.32. The molecule has 0 aromatic rings. The number of unbranched alkanes of at least 4 members (excludes halogenated alkanes) is 7. The van der Waals surface area contributed by atoms with Gasteiger partial charge in [-0.3, -0.25) is 0 Å². The predicted octanol–water partition coefficient (Wildman–Crippen LogP) is 5.12. The lowest BCUT2D eigenvalue weighted by atomic mass is 9.89. The minimum absolute atomic E-state index is 0.267. The van der Waals surface area contributed by atoms with Crippen LogP contribution in [0.1, 0.15) is 104 Å². The molecule has 0 bridgehead atoms. The first kappa shape index (κ1) is 27.6. The van der Waals surface area contributed by atoms with Gasteiger partial charge < -0.3 is 20.4 Å². The Morgan fingerprint density at radius 2 is 0.714 bits per heavy atom. The molecule has 28 heavy (non-hydrogen) atoms. The Morgan fingerprint density at radius 3 is 0.964 bits per heavy atom. The standard InChI is InChI=1S/C20H38F4O4/c1-3-5-13-17(21,19(23,25)26)15-11-9-7-8-10-12-16-18(22,14-6-4-2)20(24,27)28/h25-28H,3-16H2,1-2H3. The zero-order valence-electron chi connectivity index (χ0n) is 17.2. The average Bonchev–Trinajstić information content (AvgIpc) is 2.58. The molecule has 0 aromatic carbocycles. The van der Waals surface area contributed by atoms with Crippen LogP contribution in [-0.2, 0) is 0 Å². The molecule has 0 spiro atoms. The molecule has 0 amide bonds. The maximum Gasteiger partial charge on any atom is 0.350 e. The monoisotopic (exact) mass is 418 g/mol. The largest absolute Gasteiger partial charge is 0.350 e. The lowest BCUT2D eigenvalue weighted by molar-refractivity contribution is -0.334. The van der Waals surface area contributed by atoms with E-state index in [1.807, 2.05) is 0 Å². The van der Waals surface area contributed by atoms with E-state index in [2.05, 4.69) is 0 Å². The van der Waals surface area contributed by atoms with Crippen molar-refractivity contribution in [3.8, 4) is 0 Å². The Labute approximate surface area is 166 Å². The molecule has 0 aliphatic heterocycles. The van der Waals surface area contributed by atoms with E-state index in [1.54, 1.807) is 13.8 Å².